The summed E-state index contributed by atoms with van der Waals surface area (Å²) in [5, 5.41) is 0.349. The zero-order valence-electron chi connectivity index (χ0n) is 11.8. The monoisotopic (exact) mass is 298 g/mol. The number of halogens is 2. The van der Waals surface area contributed by atoms with Gasteiger partial charge in [0.25, 0.3) is 0 Å². The van der Waals surface area contributed by atoms with Gasteiger partial charge in [0.2, 0.25) is 5.91 Å². The lowest BCUT2D eigenvalue weighted by Gasteiger charge is -2.27. The van der Waals surface area contributed by atoms with Crippen molar-refractivity contribution in [3.63, 3.8) is 0 Å². The fraction of sp³-hybridized carbons (Fsp3) is 0.533. The molecular weight excluding hydrogens is 279 g/mol. The van der Waals surface area contributed by atoms with Crippen LogP contribution in [0.4, 0.5) is 4.39 Å². The zero-order chi connectivity index (χ0) is 14.9. The van der Waals surface area contributed by atoms with Gasteiger partial charge in [0.1, 0.15) is 5.82 Å². The molecule has 1 atom stereocenters. The van der Waals surface area contributed by atoms with Crippen LogP contribution in [0.15, 0.2) is 18.2 Å². The van der Waals surface area contributed by atoms with Crippen LogP contribution in [0.1, 0.15) is 32.3 Å². The fourth-order valence-corrected chi connectivity index (χ4v) is 2.33. The van der Waals surface area contributed by atoms with Gasteiger partial charge < -0.3 is 10.6 Å². The summed E-state index contributed by atoms with van der Waals surface area (Å²) in [4.78, 5) is 14.1. The Morgan fingerprint density at radius 2 is 2.15 bits per heavy atom. The van der Waals surface area contributed by atoms with Crippen LogP contribution in [-0.2, 0) is 11.3 Å². The Kier molecular flexibility index (Phi) is 4.66. The molecule has 1 aromatic carbocycles. The molecule has 1 aromatic rings. The lowest BCUT2D eigenvalue weighted by atomic mass is 10.0. The molecule has 110 valence electrons. The summed E-state index contributed by atoms with van der Waals surface area (Å²) in [6, 6.07) is 4.17. The van der Waals surface area contributed by atoms with Crippen LogP contribution in [0.3, 0.4) is 0 Å². The predicted molar refractivity (Wildman–Crippen MR) is 77.8 cm³/mol. The summed E-state index contributed by atoms with van der Waals surface area (Å²) < 4.78 is 13.9. The Bertz CT molecular complexity index is 482. The van der Waals surface area contributed by atoms with Crippen molar-refractivity contribution in [1.82, 2.24) is 4.90 Å². The summed E-state index contributed by atoms with van der Waals surface area (Å²) in [6.07, 6.45) is 1.89. The third-order valence-corrected chi connectivity index (χ3v) is 4.02. The van der Waals surface area contributed by atoms with Crippen molar-refractivity contribution >= 4 is 17.5 Å². The van der Waals surface area contributed by atoms with Gasteiger partial charge in [-0.3, -0.25) is 4.79 Å². The summed E-state index contributed by atoms with van der Waals surface area (Å²) >= 11 is 6.04. The smallest absolute Gasteiger partial charge is 0.240 e. The van der Waals surface area contributed by atoms with Crippen LogP contribution < -0.4 is 5.73 Å². The van der Waals surface area contributed by atoms with Gasteiger partial charge in [-0.2, -0.15) is 0 Å². The van der Waals surface area contributed by atoms with Crippen LogP contribution >= 0.6 is 11.6 Å². The average Bonchev–Trinajstić information content (AvgIpc) is 3.21. The topological polar surface area (TPSA) is 46.3 Å². The van der Waals surface area contributed by atoms with Crippen LogP contribution in [0.2, 0.25) is 5.02 Å². The minimum Gasteiger partial charge on any atom is -0.334 e. The number of amides is 1. The first-order valence-electron chi connectivity index (χ1n) is 6.90. The van der Waals surface area contributed by atoms with Crippen LogP contribution in [0.5, 0.6) is 0 Å². The first-order chi connectivity index (χ1) is 9.41. The van der Waals surface area contributed by atoms with Gasteiger partial charge in [-0.25, -0.2) is 4.39 Å². The Balaban J connectivity index is 2.20. The molecule has 5 heteroatoms. The molecule has 0 aromatic heterocycles. The molecule has 2 rings (SSSR count). The van der Waals surface area contributed by atoms with E-state index in [-0.39, 0.29) is 30.2 Å². The molecule has 1 saturated carbocycles. The van der Waals surface area contributed by atoms with Crippen molar-refractivity contribution in [3.8, 4) is 0 Å². The van der Waals surface area contributed by atoms with Gasteiger partial charge in [0.15, 0.2) is 0 Å². The molecule has 1 aliphatic carbocycles. The highest BCUT2D eigenvalue weighted by Gasteiger charge is 2.36. The summed E-state index contributed by atoms with van der Waals surface area (Å²) in [6.45, 7) is 4.00. The quantitative estimate of drug-likeness (QED) is 0.908. The number of benzene rings is 1. The van der Waals surface area contributed by atoms with E-state index in [9.17, 15) is 9.18 Å². The van der Waals surface area contributed by atoms with Gasteiger partial charge in [0, 0.05) is 16.6 Å². The van der Waals surface area contributed by atoms with E-state index in [1.807, 2.05) is 13.8 Å². The van der Waals surface area contributed by atoms with Crippen molar-refractivity contribution in [2.24, 2.45) is 11.7 Å². The normalized spacial score (nSPS) is 16.3. The van der Waals surface area contributed by atoms with Crippen molar-refractivity contribution in [2.45, 2.75) is 45.3 Å². The Morgan fingerprint density at radius 3 is 2.65 bits per heavy atom. The van der Waals surface area contributed by atoms with E-state index < -0.39 is 6.04 Å². The Morgan fingerprint density at radius 1 is 1.50 bits per heavy atom. The van der Waals surface area contributed by atoms with Gasteiger partial charge in [-0.05, 0) is 30.9 Å². The molecule has 1 fully saturated rings. The van der Waals surface area contributed by atoms with E-state index in [0.29, 0.717) is 10.6 Å². The number of hydrogen-bond donors (Lipinski definition) is 1. The highest BCUT2D eigenvalue weighted by atomic mass is 35.5. The van der Waals surface area contributed by atoms with Gasteiger partial charge in [-0.15, -0.1) is 0 Å². The average molecular weight is 299 g/mol. The maximum Gasteiger partial charge on any atom is 0.240 e. The SMILES string of the molecule is CC(C)C(N)C(=O)N(Cc1c(F)cccc1Cl)C1CC1. The predicted octanol–water partition coefficient (Wildman–Crippen LogP) is 2.95. The van der Waals surface area contributed by atoms with Gasteiger partial charge in [0.05, 0.1) is 12.6 Å². The van der Waals surface area contributed by atoms with E-state index in [0.717, 1.165) is 12.8 Å². The van der Waals surface area contributed by atoms with Crippen molar-refractivity contribution in [2.75, 3.05) is 0 Å². The van der Waals surface area contributed by atoms with Gasteiger partial charge in [-0.1, -0.05) is 31.5 Å². The second-order valence-corrected chi connectivity index (χ2v) is 6.07. The van der Waals surface area contributed by atoms with Crippen molar-refractivity contribution in [1.29, 1.82) is 0 Å². The first-order valence-corrected chi connectivity index (χ1v) is 7.28. The third kappa shape index (κ3) is 3.30. The molecule has 1 unspecified atom stereocenters. The molecule has 0 aliphatic heterocycles. The molecule has 0 heterocycles. The Labute approximate surface area is 123 Å². The summed E-state index contributed by atoms with van der Waals surface area (Å²) in [5.74, 6) is -0.448. The number of nitrogens with zero attached hydrogens (tertiary/aromatic N) is 1. The van der Waals surface area contributed by atoms with Gasteiger partial charge >= 0.3 is 0 Å². The number of carbonyl (C=O) groups is 1. The van der Waals surface area contributed by atoms with Crippen LogP contribution in [-0.4, -0.2) is 22.9 Å². The highest BCUT2D eigenvalue weighted by molar-refractivity contribution is 6.31. The highest BCUT2D eigenvalue weighted by Crippen LogP contribution is 2.31. The molecule has 20 heavy (non-hydrogen) atoms. The lowest BCUT2D eigenvalue weighted by molar-refractivity contribution is -0.134. The Hall–Kier alpha value is -1.13. The molecule has 2 N–H and O–H groups in total. The van der Waals surface area contributed by atoms with E-state index in [1.165, 1.54) is 6.07 Å². The number of nitrogens with two attached hydrogens (primary N) is 1. The maximum atomic E-state index is 13.9. The number of hydrogen-bond acceptors (Lipinski definition) is 2. The third-order valence-electron chi connectivity index (χ3n) is 3.66. The van der Waals surface area contributed by atoms with Crippen LogP contribution in [0.25, 0.3) is 0 Å². The number of rotatable bonds is 5. The minimum absolute atomic E-state index is 0.0554. The van der Waals surface area contributed by atoms with Crippen molar-refractivity contribution in [3.05, 3.63) is 34.6 Å². The molecule has 0 saturated heterocycles. The summed E-state index contributed by atoms with van der Waals surface area (Å²) in [5.41, 5.74) is 6.30. The molecule has 0 bridgehead atoms. The van der Waals surface area contributed by atoms with E-state index >= 15 is 0 Å². The zero-order valence-corrected chi connectivity index (χ0v) is 12.5. The van der Waals surface area contributed by atoms with Crippen LogP contribution in [0, 0.1) is 11.7 Å². The lowest BCUT2D eigenvalue weighted by Crippen LogP contribution is -2.47. The largest absolute Gasteiger partial charge is 0.334 e. The van der Waals surface area contributed by atoms with E-state index in [2.05, 4.69) is 0 Å². The molecule has 0 spiro atoms. The van der Waals surface area contributed by atoms with Crippen molar-refractivity contribution < 1.29 is 9.18 Å². The fourth-order valence-electron chi connectivity index (χ4n) is 2.10. The first kappa shape index (κ1) is 15.3. The number of carbonyl (C=O) groups excluding carboxylic acids is 1. The second kappa shape index (κ2) is 6.10. The minimum atomic E-state index is -0.554. The second-order valence-electron chi connectivity index (χ2n) is 5.67. The maximum absolute atomic E-state index is 13.9. The molecule has 3 nitrogen and oxygen atoms in total. The van der Waals surface area contributed by atoms with E-state index in [1.54, 1.807) is 17.0 Å². The molecule has 1 aliphatic rings. The standard InChI is InChI=1S/C15H20ClFN2O/c1-9(2)14(18)15(20)19(10-6-7-10)8-11-12(16)4-3-5-13(11)17/h3-5,9-10,14H,6-8,18H2,1-2H3. The molecule has 0 radical (unpaired) electrons. The molecule has 1 amide bonds. The summed E-state index contributed by atoms with van der Waals surface area (Å²) in [7, 11) is 0. The molecular formula is C15H20ClFN2O. The van der Waals surface area contributed by atoms with E-state index in [4.69, 9.17) is 17.3 Å².